The topological polar surface area (TPSA) is 96.7 Å². The first-order chi connectivity index (χ1) is 14.7. The zero-order valence-corrected chi connectivity index (χ0v) is 16.7. The third-order valence-corrected chi connectivity index (χ3v) is 5.46. The lowest BCUT2D eigenvalue weighted by Crippen LogP contribution is -2.49. The monoisotopic (exact) mass is 407 g/mol. The van der Waals surface area contributed by atoms with E-state index in [4.69, 9.17) is 13.9 Å². The maximum absolute atomic E-state index is 12.5. The fourth-order valence-corrected chi connectivity index (χ4v) is 3.93. The first-order valence-corrected chi connectivity index (χ1v) is 9.65. The number of amides is 1. The van der Waals surface area contributed by atoms with E-state index in [2.05, 4.69) is 19.9 Å². The predicted octanol–water partition coefficient (Wildman–Crippen LogP) is 2.68. The normalized spacial score (nSPS) is 14.5. The van der Waals surface area contributed by atoms with Crippen LogP contribution in [-0.2, 0) is 0 Å². The second kappa shape index (κ2) is 7.25. The van der Waals surface area contributed by atoms with Gasteiger partial charge in [0, 0.05) is 37.6 Å². The molecule has 4 heterocycles. The maximum Gasteiger partial charge on any atom is 0.289 e. The van der Waals surface area contributed by atoms with E-state index in [0.717, 1.165) is 27.8 Å². The van der Waals surface area contributed by atoms with Crippen LogP contribution < -0.4 is 14.4 Å². The van der Waals surface area contributed by atoms with Crippen molar-refractivity contribution in [3.8, 4) is 11.5 Å². The van der Waals surface area contributed by atoms with Gasteiger partial charge in [0.1, 0.15) is 17.4 Å². The molecule has 1 fully saturated rings. The second-order valence-corrected chi connectivity index (χ2v) is 7.06. The Morgan fingerprint density at radius 1 is 1.10 bits per heavy atom. The first-order valence-electron chi connectivity index (χ1n) is 9.65. The molecule has 3 aromatic heterocycles. The van der Waals surface area contributed by atoms with Crippen molar-refractivity contribution in [2.24, 2.45) is 0 Å². The van der Waals surface area contributed by atoms with E-state index in [-0.39, 0.29) is 5.91 Å². The molecule has 1 aliphatic heterocycles. The van der Waals surface area contributed by atoms with Crippen LogP contribution in [0.25, 0.3) is 21.9 Å². The maximum atomic E-state index is 12.5. The molecule has 1 saturated heterocycles. The fraction of sp³-hybridized carbons (Fsp3) is 0.286. The van der Waals surface area contributed by atoms with Gasteiger partial charge in [-0.2, -0.15) is 0 Å². The molecule has 0 aliphatic carbocycles. The molecule has 0 bridgehead atoms. The summed E-state index contributed by atoms with van der Waals surface area (Å²) in [6.07, 6.45) is 3.09. The number of aromatic amines is 1. The number of rotatable bonds is 4. The number of furan rings is 1. The summed E-state index contributed by atoms with van der Waals surface area (Å²) in [6.45, 7) is 2.51. The second-order valence-electron chi connectivity index (χ2n) is 7.06. The average Bonchev–Trinajstić information content (AvgIpc) is 3.45. The molecule has 5 rings (SSSR count). The summed E-state index contributed by atoms with van der Waals surface area (Å²) >= 11 is 0. The highest BCUT2D eigenvalue weighted by Crippen LogP contribution is 2.37. The molecule has 0 saturated carbocycles. The molecule has 30 heavy (non-hydrogen) atoms. The van der Waals surface area contributed by atoms with E-state index in [1.54, 1.807) is 37.6 Å². The van der Waals surface area contributed by atoms with Gasteiger partial charge in [-0.05, 0) is 18.2 Å². The number of nitrogens with one attached hydrogen (secondary N) is 1. The standard InChI is InChI=1S/C21H21N5O4/c1-28-16-10-13-14(11-17(16)29-2)24-19-18(13)22-12-23-20(19)25-5-7-26(8-6-25)21(27)15-4-3-9-30-15/h3-4,9-12,24H,5-8H2,1-2H3. The van der Waals surface area contributed by atoms with Crippen molar-refractivity contribution >= 4 is 33.7 Å². The Morgan fingerprint density at radius 2 is 1.87 bits per heavy atom. The smallest absolute Gasteiger partial charge is 0.289 e. The van der Waals surface area contributed by atoms with Gasteiger partial charge in [-0.1, -0.05) is 0 Å². The van der Waals surface area contributed by atoms with Crippen LogP contribution in [0.2, 0.25) is 0 Å². The molecule has 0 atom stereocenters. The quantitative estimate of drug-likeness (QED) is 0.555. The highest BCUT2D eigenvalue weighted by Gasteiger charge is 2.26. The molecular weight excluding hydrogens is 386 g/mol. The number of ether oxygens (including phenoxy) is 2. The van der Waals surface area contributed by atoms with Crippen LogP contribution in [-0.4, -0.2) is 66.2 Å². The number of benzene rings is 1. The zero-order valence-electron chi connectivity index (χ0n) is 16.7. The third-order valence-electron chi connectivity index (χ3n) is 5.46. The Balaban J connectivity index is 1.46. The van der Waals surface area contributed by atoms with Gasteiger partial charge in [0.05, 0.1) is 26.0 Å². The molecule has 1 N–H and O–H groups in total. The molecule has 0 unspecified atom stereocenters. The van der Waals surface area contributed by atoms with E-state index in [1.807, 2.05) is 12.1 Å². The number of piperazine rings is 1. The molecule has 0 radical (unpaired) electrons. The van der Waals surface area contributed by atoms with Gasteiger partial charge >= 0.3 is 0 Å². The van der Waals surface area contributed by atoms with E-state index in [0.29, 0.717) is 43.4 Å². The van der Waals surface area contributed by atoms with Crippen LogP contribution >= 0.6 is 0 Å². The number of aromatic nitrogens is 3. The van der Waals surface area contributed by atoms with Crippen LogP contribution in [0.4, 0.5) is 5.82 Å². The summed E-state index contributed by atoms with van der Waals surface area (Å²) < 4.78 is 16.1. The van der Waals surface area contributed by atoms with E-state index in [9.17, 15) is 4.79 Å². The van der Waals surface area contributed by atoms with Crippen LogP contribution in [0, 0.1) is 0 Å². The number of fused-ring (bicyclic) bond motifs is 3. The first kappa shape index (κ1) is 18.3. The Labute approximate surface area is 172 Å². The summed E-state index contributed by atoms with van der Waals surface area (Å²) in [6, 6.07) is 7.24. The van der Waals surface area contributed by atoms with Crippen LogP contribution in [0.3, 0.4) is 0 Å². The number of methoxy groups -OCH3 is 2. The minimum atomic E-state index is -0.0858. The lowest BCUT2D eigenvalue weighted by atomic mass is 10.2. The molecule has 9 heteroatoms. The van der Waals surface area contributed by atoms with Crippen molar-refractivity contribution in [2.45, 2.75) is 0 Å². The largest absolute Gasteiger partial charge is 0.493 e. The summed E-state index contributed by atoms with van der Waals surface area (Å²) in [5, 5.41) is 0.943. The van der Waals surface area contributed by atoms with E-state index >= 15 is 0 Å². The van der Waals surface area contributed by atoms with Crippen molar-refractivity contribution in [1.29, 1.82) is 0 Å². The number of H-pyrrole nitrogens is 1. The molecule has 0 spiro atoms. The molecule has 1 aliphatic rings. The molecule has 9 nitrogen and oxygen atoms in total. The molecule has 154 valence electrons. The van der Waals surface area contributed by atoms with Gasteiger partial charge in [0.15, 0.2) is 23.1 Å². The zero-order chi connectivity index (χ0) is 20.7. The van der Waals surface area contributed by atoms with E-state index < -0.39 is 0 Å². The summed E-state index contributed by atoms with van der Waals surface area (Å²) in [7, 11) is 3.23. The van der Waals surface area contributed by atoms with Crippen LogP contribution in [0.5, 0.6) is 11.5 Å². The molecule has 4 aromatic rings. The Morgan fingerprint density at radius 3 is 2.57 bits per heavy atom. The Kier molecular flexibility index (Phi) is 4.42. The Hall–Kier alpha value is -3.75. The van der Waals surface area contributed by atoms with Crippen molar-refractivity contribution < 1.29 is 18.7 Å². The van der Waals surface area contributed by atoms with Gasteiger partial charge in [-0.25, -0.2) is 9.97 Å². The predicted molar refractivity (Wildman–Crippen MR) is 111 cm³/mol. The van der Waals surface area contributed by atoms with Crippen molar-refractivity contribution in [3.63, 3.8) is 0 Å². The van der Waals surface area contributed by atoms with E-state index in [1.165, 1.54) is 6.26 Å². The molecular formula is C21H21N5O4. The average molecular weight is 407 g/mol. The van der Waals surface area contributed by atoms with Gasteiger partial charge < -0.3 is 28.7 Å². The van der Waals surface area contributed by atoms with Gasteiger partial charge in [0.25, 0.3) is 5.91 Å². The fourth-order valence-electron chi connectivity index (χ4n) is 3.93. The number of anilines is 1. The summed E-state index contributed by atoms with van der Waals surface area (Å²) in [5.41, 5.74) is 2.58. The highest BCUT2D eigenvalue weighted by molar-refractivity contribution is 6.09. The molecule has 1 aromatic carbocycles. The van der Waals surface area contributed by atoms with Crippen LogP contribution in [0.15, 0.2) is 41.3 Å². The third kappa shape index (κ3) is 2.90. The van der Waals surface area contributed by atoms with Crippen molar-refractivity contribution in [1.82, 2.24) is 19.9 Å². The minimum Gasteiger partial charge on any atom is -0.493 e. The number of carbonyl (C=O) groups is 1. The summed E-state index contributed by atoms with van der Waals surface area (Å²) in [4.78, 5) is 28.9. The van der Waals surface area contributed by atoms with Crippen molar-refractivity contribution in [3.05, 3.63) is 42.6 Å². The Bertz CT molecular complexity index is 1210. The minimum absolute atomic E-state index is 0.0858. The van der Waals surface area contributed by atoms with Gasteiger partial charge in [0.2, 0.25) is 0 Å². The van der Waals surface area contributed by atoms with Crippen molar-refractivity contribution in [2.75, 3.05) is 45.3 Å². The SMILES string of the molecule is COc1cc2[nH]c3c(N4CCN(C(=O)c5ccco5)CC4)ncnc3c2cc1OC. The highest BCUT2D eigenvalue weighted by atomic mass is 16.5. The number of nitrogens with zero attached hydrogens (tertiary/aromatic N) is 4. The van der Waals surface area contributed by atoms with Crippen LogP contribution in [0.1, 0.15) is 10.6 Å². The number of carbonyl (C=O) groups excluding carboxylic acids is 1. The summed E-state index contributed by atoms with van der Waals surface area (Å²) in [5.74, 6) is 2.40. The lowest BCUT2D eigenvalue weighted by molar-refractivity contribution is 0.0714. The number of hydrogen-bond donors (Lipinski definition) is 1. The van der Waals surface area contributed by atoms with Gasteiger partial charge in [-0.15, -0.1) is 0 Å². The lowest BCUT2D eigenvalue weighted by Gasteiger charge is -2.35. The number of hydrogen-bond acceptors (Lipinski definition) is 7. The molecule has 1 amide bonds. The van der Waals surface area contributed by atoms with Gasteiger partial charge in [-0.3, -0.25) is 4.79 Å².